The minimum absolute atomic E-state index is 0.0800. The van der Waals surface area contributed by atoms with E-state index in [-0.39, 0.29) is 46.3 Å². The van der Waals surface area contributed by atoms with Crippen molar-refractivity contribution in [2.75, 3.05) is 16.8 Å². The predicted octanol–water partition coefficient (Wildman–Crippen LogP) is 4.46. The van der Waals surface area contributed by atoms with E-state index in [1.165, 1.54) is 12.1 Å². The Balaban J connectivity index is 1.43. The number of aromatic nitrogens is 1. The summed E-state index contributed by atoms with van der Waals surface area (Å²) in [5.74, 6) is -0.766. The van der Waals surface area contributed by atoms with Gasteiger partial charge in [0.1, 0.15) is 28.4 Å². The van der Waals surface area contributed by atoms with Crippen LogP contribution in [-0.2, 0) is 27.4 Å². The van der Waals surface area contributed by atoms with Gasteiger partial charge in [0.2, 0.25) is 5.91 Å². The number of piperidine rings is 1. The van der Waals surface area contributed by atoms with E-state index in [0.29, 0.717) is 31.4 Å². The van der Waals surface area contributed by atoms with Gasteiger partial charge in [-0.25, -0.2) is 17.8 Å². The van der Waals surface area contributed by atoms with Crippen molar-refractivity contribution in [2.24, 2.45) is 0 Å². The van der Waals surface area contributed by atoms with E-state index in [1.54, 1.807) is 4.90 Å². The molecule has 0 bridgehead atoms. The van der Waals surface area contributed by atoms with Gasteiger partial charge in [0, 0.05) is 30.9 Å². The molecule has 2 unspecified atom stereocenters. The normalized spacial score (nSPS) is 24.7. The third-order valence-corrected chi connectivity index (χ3v) is 7.83. The highest BCUT2D eigenvalue weighted by molar-refractivity contribution is 7.71. The molecule has 0 spiro atoms. The second-order valence-corrected chi connectivity index (χ2v) is 11.0. The number of anilines is 2. The van der Waals surface area contributed by atoms with Gasteiger partial charge >= 0.3 is 6.18 Å². The van der Waals surface area contributed by atoms with Crippen molar-refractivity contribution in [2.45, 2.75) is 69.2 Å². The molecule has 13 heteroatoms. The van der Waals surface area contributed by atoms with Crippen molar-refractivity contribution in [3.05, 3.63) is 52.4 Å². The number of benzene rings is 1. The Hall–Kier alpha value is -2.60. The maximum absolute atomic E-state index is 14.5. The van der Waals surface area contributed by atoms with Gasteiger partial charge in [0.25, 0.3) is 0 Å². The maximum Gasteiger partial charge on any atom is 0.417 e. The van der Waals surface area contributed by atoms with Gasteiger partial charge in [0.15, 0.2) is 0 Å². The molecule has 1 aromatic heterocycles. The average Bonchev–Trinajstić information content (AvgIpc) is 3.15. The minimum atomic E-state index is -4.54. The number of halogens is 5. The number of carbonyl (C=O) groups is 1. The number of alkyl halides is 3. The Morgan fingerprint density at radius 1 is 1.16 bits per heavy atom. The summed E-state index contributed by atoms with van der Waals surface area (Å²) >= 11 is 6.19. The van der Waals surface area contributed by atoms with Crippen molar-refractivity contribution in [1.29, 1.82) is 0 Å². The van der Waals surface area contributed by atoms with Crippen LogP contribution in [0.25, 0.3) is 0 Å². The fourth-order valence-electron chi connectivity index (χ4n) is 5.30. The SMILES string of the molecule is CC1CC(N2CC[C@H](Nc3ccc(C[SH](=O)=O)cc3F)C2=O)CC(C)N1c1ncc(C(F)(F)F)cc1Cl. The fraction of sp³-hybridized carbons (Fsp3) is 0.500. The lowest BCUT2D eigenvalue weighted by Gasteiger charge is -2.46. The van der Waals surface area contributed by atoms with Gasteiger partial charge in [-0.2, -0.15) is 13.2 Å². The molecular weight excluding hydrogens is 536 g/mol. The van der Waals surface area contributed by atoms with Gasteiger partial charge in [-0.05, 0) is 56.9 Å². The largest absolute Gasteiger partial charge is 0.417 e. The summed E-state index contributed by atoms with van der Waals surface area (Å²) in [6, 6.07) is 3.95. The standard InChI is InChI=1S/C24H27ClF4N4O3S/c1-13-7-17(8-14(2)33(13)22-18(25)10-16(11-30-22)24(27,28)29)32-6-5-21(23(32)34)31-20-4-3-15(9-19(20)26)12-37(35)36/h3-4,9-11,13-14,17,21,31,37H,5-8,12H2,1-2H3/t13?,14?,17?,21-/m0/s1. The van der Waals surface area contributed by atoms with Crippen LogP contribution in [0.15, 0.2) is 30.5 Å². The first-order valence-electron chi connectivity index (χ1n) is 11.8. The summed E-state index contributed by atoms with van der Waals surface area (Å²) < 4.78 is 75.3. The Morgan fingerprint density at radius 3 is 2.41 bits per heavy atom. The number of carbonyl (C=O) groups excluding carboxylic acids is 1. The molecule has 2 aromatic rings. The van der Waals surface area contributed by atoms with Crippen molar-refractivity contribution in [3.8, 4) is 0 Å². The van der Waals surface area contributed by atoms with E-state index < -0.39 is 34.3 Å². The Labute approximate surface area is 218 Å². The molecule has 2 fully saturated rings. The van der Waals surface area contributed by atoms with Crippen LogP contribution in [-0.4, -0.2) is 54.9 Å². The van der Waals surface area contributed by atoms with Crippen molar-refractivity contribution in [1.82, 2.24) is 9.88 Å². The average molecular weight is 563 g/mol. The van der Waals surface area contributed by atoms with Crippen LogP contribution in [0, 0.1) is 5.82 Å². The molecule has 4 rings (SSSR count). The maximum atomic E-state index is 14.5. The Kier molecular flexibility index (Phi) is 7.89. The van der Waals surface area contributed by atoms with Gasteiger partial charge in [-0.15, -0.1) is 0 Å². The summed E-state index contributed by atoms with van der Waals surface area (Å²) in [5, 5.41) is 2.86. The monoisotopic (exact) mass is 562 g/mol. The zero-order valence-electron chi connectivity index (χ0n) is 20.1. The second kappa shape index (κ2) is 10.6. The van der Waals surface area contributed by atoms with E-state index >= 15 is 0 Å². The number of hydrogen-bond acceptors (Lipinski definition) is 6. The lowest BCUT2D eigenvalue weighted by Crippen LogP contribution is -2.54. The summed E-state index contributed by atoms with van der Waals surface area (Å²) in [7, 11) is -2.67. The molecule has 2 aliphatic heterocycles. The molecule has 1 amide bonds. The van der Waals surface area contributed by atoms with Crippen LogP contribution in [0.2, 0.25) is 5.02 Å². The van der Waals surface area contributed by atoms with E-state index in [1.807, 2.05) is 18.7 Å². The van der Waals surface area contributed by atoms with Crippen LogP contribution < -0.4 is 10.2 Å². The minimum Gasteiger partial charge on any atom is -0.371 e. The number of nitrogens with one attached hydrogen (secondary N) is 1. The summed E-state index contributed by atoms with van der Waals surface area (Å²) in [5.41, 5.74) is -0.454. The second-order valence-electron chi connectivity index (χ2n) is 9.58. The topological polar surface area (TPSA) is 82.6 Å². The lowest BCUT2D eigenvalue weighted by atomic mass is 9.91. The zero-order chi connectivity index (χ0) is 27.1. The highest BCUT2D eigenvalue weighted by Crippen LogP contribution is 2.38. The van der Waals surface area contributed by atoms with Gasteiger partial charge in [-0.3, -0.25) is 4.79 Å². The van der Waals surface area contributed by atoms with Gasteiger partial charge in [-0.1, -0.05) is 17.7 Å². The Bertz CT molecular complexity index is 1240. The zero-order valence-corrected chi connectivity index (χ0v) is 21.8. The van der Waals surface area contributed by atoms with E-state index in [2.05, 4.69) is 10.3 Å². The van der Waals surface area contributed by atoms with Crippen LogP contribution in [0.3, 0.4) is 0 Å². The van der Waals surface area contributed by atoms with E-state index in [0.717, 1.165) is 18.3 Å². The number of nitrogens with zero attached hydrogens (tertiary/aromatic N) is 3. The highest BCUT2D eigenvalue weighted by atomic mass is 35.5. The van der Waals surface area contributed by atoms with Crippen molar-refractivity contribution < 1.29 is 30.8 Å². The van der Waals surface area contributed by atoms with Crippen LogP contribution in [0.1, 0.15) is 44.2 Å². The first-order valence-corrected chi connectivity index (χ1v) is 13.6. The lowest BCUT2D eigenvalue weighted by molar-refractivity contribution is -0.137. The number of amides is 1. The number of thiol groups is 1. The molecule has 0 radical (unpaired) electrons. The molecule has 2 saturated heterocycles. The first kappa shape index (κ1) is 27.4. The molecule has 0 saturated carbocycles. The van der Waals surface area contributed by atoms with Gasteiger partial charge < -0.3 is 15.1 Å². The van der Waals surface area contributed by atoms with Crippen molar-refractivity contribution >= 4 is 39.7 Å². The number of likely N-dealkylation sites (tertiary alicyclic amines) is 1. The molecule has 1 aromatic carbocycles. The number of hydrogen-bond donors (Lipinski definition) is 2. The third kappa shape index (κ3) is 5.95. The number of pyridine rings is 1. The molecule has 7 nitrogen and oxygen atoms in total. The quantitative estimate of drug-likeness (QED) is 0.400. The summed E-state index contributed by atoms with van der Waals surface area (Å²) in [6.45, 7) is 4.32. The number of rotatable bonds is 6. The molecule has 1 N–H and O–H groups in total. The molecule has 2 aliphatic rings. The molecular formula is C24H27ClF4N4O3S. The first-order chi connectivity index (χ1) is 17.3. The van der Waals surface area contributed by atoms with Crippen LogP contribution >= 0.6 is 11.6 Å². The summed E-state index contributed by atoms with van der Waals surface area (Å²) in [6.07, 6.45) is -2.15. The highest BCUT2D eigenvalue weighted by Gasteiger charge is 2.42. The smallest absolute Gasteiger partial charge is 0.371 e. The van der Waals surface area contributed by atoms with E-state index in [9.17, 15) is 30.8 Å². The molecule has 3 heterocycles. The predicted molar refractivity (Wildman–Crippen MR) is 133 cm³/mol. The third-order valence-electron chi connectivity index (χ3n) is 6.93. The van der Waals surface area contributed by atoms with Crippen molar-refractivity contribution in [3.63, 3.8) is 0 Å². The Morgan fingerprint density at radius 2 is 1.84 bits per heavy atom. The fourth-order valence-corrected chi connectivity index (χ4v) is 6.06. The molecule has 37 heavy (non-hydrogen) atoms. The molecule has 0 aliphatic carbocycles. The van der Waals surface area contributed by atoms with E-state index in [4.69, 9.17) is 11.6 Å². The van der Waals surface area contributed by atoms with Gasteiger partial charge in [0.05, 0.1) is 22.0 Å². The molecule has 202 valence electrons. The summed E-state index contributed by atoms with van der Waals surface area (Å²) in [4.78, 5) is 20.9. The van der Waals surface area contributed by atoms with Crippen LogP contribution in [0.5, 0.6) is 0 Å². The van der Waals surface area contributed by atoms with Crippen LogP contribution in [0.4, 0.5) is 29.1 Å². The molecule has 3 atom stereocenters.